The summed E-state index contributed by atoms with van der Waals surface area (Å²) in [6.45, 7) is 2.09. The van der Waals surface area contributed by atoms with Gasteiger partial charge in [-0.3, -0.25) is 0 Å². The molecule has 0 unspecified atom stereocenters. The second kappa shape index (κ2) is 3.91. The number of H-pyrrole nitrogens is 2. The first kappa shape index (κ1) is 9.38. The molecule has 2 N–H and O–H groups in total. The third kappa shape index (κ3) is 1.85. The highest BCUT2D eigenvalue weighted by molar-refractivity contribution is 5.88. The second-order valence-electron chi connectivity index (χ2n) is 2.74. The summed E-state index contributed by atoms with van der Waals surface area (Å²) in [6, 6.07) is 3.31. The minimum absolute atomic E-state index is 0.343. The van der Waals surface area contributed by atoms with Crippen molar-refractivity contribution in [1.82, 2.24) is 25.6 Å². The Kier molecular flexibility index (Phi) is 2.44. The summed E-state index contributed by atoms with van der Waals surface area (Å²) in [4.78, 5) is 14.2. The first-order valence-electron chi connectivity index (χ1n) is 4.41. The Morgan fingerprint density at radius 2 is 2.40 bits per heavy atom. The van der Waals surface area contributed by atoms with E-state index in [2.05, 4.69) is 25.6 Å². The zero-order chi connectivity index (χ0) is 10.7. The van der Waals surface area contributed by atoms with Gasteiger partial charge < -0.3 is 9.72 Å². The number of hydrogen-bond acceptors (Lipinski definition) is 5. The van der Waals surface area contributed by atoms with Crippen molar-refractivity contribution in [3.8, 4) is 11.5 Å². The molecule has 0 radical (unpaired) electrons. The summed E-state index contributed by atoms with van der Waals surface area (Å²) < 4.78 is 4.82. The molecule has 0 saturated heterocycles. The molecule has 0 atom stereocenters. The molecule has 0 fully saturated rings. The Balaban J connectivity index is 2.21. The fourth-order valence-electron chi connectivity index (χ4n) is 1.13. The molecule has 0 spiro atoms. The average molecular weight is 207 g/mol. The quantitative estimate of drug-likeness (QED) is 0.709. The molecule has 2 aromatic rings. The molecular weight excluding hydrogens is 198 g/mol. The highest BCUT2D eigenvalue weighted by atomic mass is 16.5. The van der Waals surface area contributed by atoms with E-state index < -0.39 is 5.97 Å². The fourth-order valence-corrected chi connectivity index (χ4v) is 1.13. The zero-order valence-corrected chi connectivity index (χ0v) is 8.02. The van der Waals surface area contributed by atoms with Crippen LogP contribution in [0.1, 0.15) is 17.4 Å². The molecular formula is C8H9N5O2. The Morgan fingerprint density at radius 3 is 3.07 bits per heavy atom. The Labute approximate surface area is 84.8 Å². The van der Waals surface area contributed by atoms with Gasteiger partial charge in [0.05, 0.1) is 12.3 Å². The van der Waals surface area contributed by atoms with Gasteiger partial charge in [0.1, 0.15) is 5.69 Å². The molecule has 78 valence electrons. The van der Waals surface area contributed by atoms with Crippen LogP contribution in [0.3, 0.4) is 0 Å². The summed E-state index contributed by atoms with van der Waals surface area (Å²) in [5.41, 5.74) is 0.989. The average Bonchev–Trinajstić information content (AvgIpc) is 2.89. The third-order valence-electron chi connectivity index (χ3n) is 1.77. The van der Waals surface area contributed by atoms with Crippen LogP contribution in [0.25, 0.3) is 11.5 Å². The van der Waals surface area contributed by atoms with Gasteiger partial charge in [-0.1, -0.05) is 0 Å². The summed E-state index contributed by atoms with van der Waals surface area (Å²) in [6.07, 6.45) is 0. The number of rotatable bonds is 3. The Bertz CT molecular complexity index is 447. The van der Waals surface area contributed by atoms with Crippen LogP contribution >= 0.6 is 0 Å². The monoisotopic (exact) mass is 207 g/mol. The largest absolute Gasteiger partial charge is 0.461 e. The van der Waals surface area contributed by atoms with E-state index in [0.29, 0.717) is 23.8 Å². The number of carbonyl (C=O) groups excluding carboxylic acids is 1. The van der Waals surface area contributed by atoms with Gasteiger partial charge in [0.2, 0.25) is 5.82 Å². The van der Waals surface area contributed by atoms with E-state index >= 15 is 0 Å². The van der Waals surface area contributed by atoms with Crippen molar-refractivity contribution in [2.75, 3.05) is 6.61 Å². The van der Waals surface area contributed by atoms with Crippen molar-refractivity contribution in [3.05, 3.63) is 17.8 Å². The van der Waals surface area contributed by atoms with Crippen LogP contribution in [0.5, 0.6) is 0 Å². The molecule has 0 aliphatic heterocycles. The minimum Gasteiger partial charge on any atom is -0.461 e. The molecule has 0 aliphatic carbocycles. The predicted molar refractivity (Wildman–Crippen MR) is 49.9 cm³/mol. The molecule has 2 heterocycles. The highest BCUT2D eigenvalue weighted by Crippen LogP contribution is 2.12. The lowest BCUT2D eigenvalue weighted by Crippen LogP contribution is -2.04. The van der Waals surface area contributed by atoms with Gasteiger partial charge in [-0.25, -0.2) is 4.79 Å². The van der Waals surface area contributed by atoms with Crippen molar-refractivity contribution >= 4 is 5.97 Å². The molecule has 7 nitrogen and oxygen atoms in total. The predicted octanol–water partition coefficient (Wildman–Crippen LogP) is 0.371. The lowest BCUT2D eigenvalue weighted by Gasteiger charge is -1.97. The second-order valence-corrected chi connectivity index (χ2v) is 2.74. The van der Waals surface area contributed by atoms with E-state index in [1.807, 2.05) is 0 Å². The summed E-state index contributed by atoms with van der Waals surface area (Å²) in [7, 11) is 0. The lowest BCUT2D eigenvalue weighted by molar-refractivity contribution is 0.0520. The van der Waals surface area contributed by atoms with E-state index in [-0.39, 0.29) is 0 Å². The van der Waals surface area contributed by atoms with Crippen LogP contribution in [0.2, 0.25) is 0 Å². The van der Waals surface area contributed by atoms with Gasteiger partial charge in [0.15, 0.2) is 0 Å². The smallest absolute Gasteiger partial charge is 0.354 e. The number of esters is 1. The fraction of sp³-hybridized carbons (Fsp3) is 0.250. The standard InChI is InChI=1S/C8H9N5O2/c1-2-15-8(14)6-4-3-5(9-6)7-10-12-13-11-7/h3-4,9H,2H2,1H3,(H,10,11,12,13). The van der Waals surface area contributed by atoms with Crippen molar-refractivity contribution in [2.45, 2.75) is 6.92 Å². The molecule has 0 aliphatic rings. The van der Waals surface area contributed by atoms with Crippen LogP contribution in [-0.2, 0) is 4.74 Å². The molecule has 0 amide bonds. The van der Waals surface area contributed by atoms with Crippen LogP contribution in [0, 0.1) is 0 Å². The molecule has 0 saturated carbocycles. The van der Waals surface area contributed by atoms with E-state index in [4.69, 9.17) is 4.74 Å². The van der Waals surface area contributed by atoms with Crippen LogP contribution in [-0.4, -0.2) is 38.2 Å². The first-order chi connectivity index (χ1) is 7.31. The highest BCUT2D eigenvalue weighted by Gasteiger charge is 2.11. The van der Waals surface area contributed by atoms with Crippen LogP contribution in [0.4, 0.5) is 0 Å². The van der Waals surface area contributed by atoms with Crippen molar-refractivity contribution < 1.29 is 9.53 Å². The van der Waals surface area contributed by atoms with Crippen molar-refractivity contribution in [2.24, 2.45) is 0 Å². The van der Waals surface area contributed by atoms with Crippen LogP contribution < -0.4 is 0 Å². The number of tetrazole rings is 1. The van der Waals surface area contributed by atoms with Crippen molar-refractivity contribution in [1.29, 1.82) is 0 Å². The number of aromatic amines is 2. The number of ether oxygens (including phenoxy) is 1. The summed E-state index contributed by atoms with van der Waals surface area (Å²) >= 11 is 0. The molecule has 0 aromatic carbocycles. The first-order valence-corrected chi connectivity index (χ1v) is 4.41. The summed E-state index contributed by atoms with van der Waals surface area (Å²) in [5, 5.41) is 13.3. The van der Waals surface area contributed by atoms with E-state index in [9.17, 15) is 4.79 Å². The topological polar surface area (TPSA) is 96.6 Å². The van der Waals surface area contributed by atoms with Gasteiger partial charge in [-0.15, -0.1) is 10.2 Å². The Morgan fingerprint density at radius 1 is 1.53 bits per heavy atom. The van der Waals surface area contributed by atoms with Gasteiger partial charge >= 0.3 is 5.97 Å². The van der Waals surface area contributed by atoms with E-state index in [1.54, 1.807) is 19.1 Å². The van der Waals surface area contributed by atoms with E-state index in [0.717, 1.165) is 0 Å². The maximum absolute atomic E-state index is 11.3. The maximum Gasteiger partial charge on any atom is 0.354 e. The third-order valence-corrected chi connectivity index (χ3v) is 1.77. The number of carbonyl (C=O) groups is 1. The van der Waals surface area contributed by atoms with Gasteiger partial charge in [0.25, 0.3) is 0 Å². The molecule has 2 aromatic heterocycles. The molecule has 7 heteroatoms. The molecule has 2 rings (SSSR count). The minimum atomic E-state index is -0.396. The number of aromatic nitrogens is 5. The number of nitrogens with zero attached hydrogens (tertiary/aromatic N) is 3. The summed E-state index contributed by atoms with van der Waals surface area (Å²) in [5.74, 6) is 0.0118. The van der Waals surface area contributed by atoms with Gasteiger partial charge in [-0.05, 0) is 24.3 Å². The maximum atomic E-state index is 11.3. The number of nitrogens with one attached hydrogen (secondary N) is 2. The number of hydrogen-bond donors (Lipinski definition) is 2. The van der Waals surface area contributed by atoms with Crippen LogP contribution in [0.15, 0.2) is 12.1 Å². The SMILES string of the molecule is CCOC(=O)c1ccc(-c2nn[nH]n2)[nH]1. The molecule has 0 bridgehead atoms. The Hall–Kier alpha value is -2.18. The van der Waals surface area contributed by atoms with Crippen molar-refractivity contribution in [3.63, 3.8) is 0 Å². The van der Waals surface area contributed by atoms with E-state index in [1.165, 1.54) is 0 Å². The van der Waals surface area contributed by atoms with Gasteiger partial charge in [-0.2, -0.15) is 5.21 Å². The van der Waals surface area contributed by atoms with Gasteiger partial charge in [0, 0.05) is 0 Å². The lowest BCUT2D eigenvalue weighted by atomic mass is 10.4. The molecule has 15 heavy (non-hydrogen) atoms. The normalized spacial score (nSPS) is 10.2. The zero-order valence-electron chi connectivity index (χ0n) is 8.02.